The Morgan fingerprint density at radius 3 is 2.07 bits per heavy atom. The number of nitrogens with two attached hydrogens (primary N) is 1. The molecule has 0 heterocycles. The summed E-state index contributed by atoms with van der Waals surface area (Å²) in [6.45, 7) is 4.09. The summed E-state index contributed by atoms with van der Waals surface area (Å²) in [4.78, 5) is 47.2. The Morgan fingerprint density at radius 2 is 1.63 bits per heavy atom. The number of aliphatic hydroxyl groups is 1. The second-order valence-electron chi connectivity index (χ2n) is 6.46. The van der Waals surface area contributed by atoms with Crippen LogP contribution in [-0.4, -0.2) is 76.7 Å². The van der Waals surface area contributed by atoms with E-state index in [4.69, 9.17) is 10.8 Å². The minimum atomic E-state index is -1.36. The van der Waals surface area contributed by atoms with Gasteiger partial charge < -0.3 is 31.9 Å². The smallest absolute Gasteiger partial charge is 0.326 e. The third-order valence-electron chi connectivity index (χ3n) is 3.70. The van der Waals surface area contributed by atoms with Gasteiger partial charge in [-0.3, -0.25) is 14.4 Å². The van der Waals surface area contributed by atoms with Gasteiger partial charge in [0.1, 0.15) is 12.1 Å². The second-order valence-corrected chi connectivity index (χ2v) is 7.45. The summed E-state index contributed by atoms with van der Waals surface area (Å²) in [6.07, 6.45) is 1.07. The van der Waals surface area contributed by atoms with Gasteiger partial charge in [-0.05, 0) is 31.3 Å². The van der Waals surface area contributed by atoms with E-state index in [1.807, 2.05) is 6.26 Å². The summed E-state index contributed by atoms with van der Waals surface area (Å²) in [5.41, 5.74) is 5.68. The Hall–Kier alpha value is -1.85. The van der Waals surface area contributed by atoms with E-state index in [0.717, 1.165) is 0 Å². The lowest BCUT2D eigenvalue weighted by Gasteiger charge is -2.25. The van der Waals surface area contributed by atoms with Gasteiger partial charge in [0.25, 0.3) is 0 Å². The molecule has 4 unspecified atom stereocenters. The highest BCUT2D eigenvalue weighted by Gasteiger charge is 2.31. The van der Waals surface area contributed by atoms with Crippen LogP contribution < -0.4 is 21.7 Å². The molecule has 0 spiro atoms. The molecular formula is C16H30N4O6S. The molecule has 0 aliphatic heterocycles. The molecule has 0 saturated carbocycles. The van der Waals surface area contributed by atoms with Gasteiger partial charge in [0.15, 0.2) is 0 Å². The van der Waals surface area contributed by atoms with Crippen LogP contribution in [0.4, 0.5) is 0 Å². The van der Waals surface area contributed by atoms with E-state index in [0.29, 0.717) is 12.2 Å². The summed E-state index contributed by atoms with van der Waals surface area (Å²) < 4.78 is 0. The summed E-state index contributed by atoms with van der Waals surface area (Å²) in [5, 5.41) is 25.8. The van der Waals surface area contributed by atoms with E-state index in [9.17, 15) is 24.3 Å². The number of hydrogen-bond donors (Lipinski definition) is 6. The monoisotopic (exact) mass is 406 g/mol. The average Bonchev–Trinajstić information content (AvgIpc) is 2.58. The molecule has 0 aromatic heterocycles. The topological polar surface area (TPSA) is 171 Å². The van der Waals surface area contributed by atoms with Gasteiger partial charge in [0, 0.05) is 0 Å². The molecule has 0 saturated heterocycles. The first-order chi connectivity index (χ1) is 12.5. The summed E-state index contributed by atoms with van der Waals surface area (Å²) in [6, 6.07) is -3.27. The molecule has 0 aromatic carbocycles. The zero-order valence-corrected chi connectivity index (χ0v) is 16.8. The first-order valence-corrected chi connectivity index (χ1v) is 9.93. The van der Waals surface area contributed by atoms with E-state index >= 15 is 0 Å². The molecule has 3 amide bonds. The number of aliphatic hydroxyl groups excluding tert-OH is 1. The number of carboxylic acids is 1. The van der Waals surface area contributed by atoms with Gasteiger partial charge in [-0.15, -0.1) is 0 Å². The second kappa shape index (κ2) is 12.5. The lowest BCUT2D eigenvalue weighted by molar-refractivity contribution is -0.144. The maximum absolute atomic E-state index is 12.2. The number of carbonyl (C=O) groups is 4. The standard InChI is InChI=1S/C16H30N4O6S/c1-8(2)12(16(25)26)20-15(24)13(9(3)21)19-11(22)7-18-14(23)10(17)5-6-27-4/h8-10,12-13,21H,5-7,17H2,1-4H3,(H,18,23)(H,19,22)(H,20,24)(H,25,26). The van der Waals surface area contributed by atoms with Crippen LogP contribution in [0.25, 0.3) is 0 Å². The molecule has 156 valence electrons. The highest BCUT2D eigenvalue weighted by molar-refractivity contribution is 7.98. The molecule has 4 atom stereocenters. The molecule has 0 rings (SSSR count). The largest absolute Gasteiger partial charge is 0.480 e. The molecule has 10 nitrogen and oxygen atoms in total. The molecular weight excluding hydrogens is 376 g/mol. The van der Waals surface area contributed by atoms with Gasteiger partial charge >= 0.3 is 5.97 Å². The highest BCUT2D eigenvalue weighted by Crippen LogP contribution is 2.04. The van der Waals surface area contributed by atoms with Crippen LogP contribution in [0.1, 0.15) is 27.2 Å². The first kappa shape index (κ1) is 25.1. The Kier molecular flexibility index (Phi) is 11.7. The molecule has 27 heavy (non-hydrogen) atoms. The van der Waals surface area contributed by atoms with Gasteiger partial charge in [0.05, 0.1) is 18.7 Å². The van der Waals surface area contributed by atoms with Crippen molar-refractivity contribution in [1.82, 2.24) is 16.0 Å². The third-order valence-corrected chi connectivity index (χ3v) is 4.35. The SMILES string of the molecule is CSCCC(N)C(=O)NCC(=O)NC(C(=O)NC(C(=O)O)C(C)C)C(C)O. The molecule has 7 N–H and O–H groups in total. The Balaban J connectivity index is 4.72. The number of nitrogens with one attached hydrogen (secondary N) is 3. The number of rotatable bonds is 12. The van der Waals surface area contributed by atoms with Crippen LogP contribution in [0.5, 0.6) is 0 Å². The fourth-order valence-corrected chi connectivity index (χ4v) is 2.55. The number of carboxylic acid groups (broad SMARTS) is 1. The van der Waals surface area contributed by atoms with Crippen molar-refractivity contribution in [2.75, 3.05) is 18.6 Å². The molecule has 0 aliphatic carbocycles. The Bertz CT molecular complexity index is 529. The lowest BCUT2D eigenvalue weighted by Crippen LogP contribution is -2.58. The summed E-state index contributed by atoms with van der Waals surface area (Å²) >= 11 is 1.54. The van der Waals surface area contributed by atoms with Crippen molar-refractivity contribution in [1.29, 1.82) is 0 Å². The number of hydrogen-bond acceptors (Lipinski definition) is 7. The zero-order valence-electron chi connectivity index (χ0n) is 16.0. The zero-order chi connectivity index (χ0) is 21.1. The van der Waals surface area contributed by atoms with Crippen LogP contribution in [0.3, 0.4) is 0 Å². The maximum atomic E-state index is 12.2. The fraction of sp³-hybridized carbons (Fsp3) is 0.750. The van der Waals surface area contributed by atoms with E-state index < -0.39 is 54.5 Å². The number of amides is 3. The third kappa shape index (κ3) is 9.59. The first-order valence-electron chi connectivity index (χ1n) is 8.54. The number of aliphatic carboxylic acids is 1. The van der Waals surface area contributed by atoms with Crippen molar-refractivity contribution in [2.45, 2.75) is 51.4 Å². The summed E-state index contributed by atoms with van der Waals surface area (Å²) in [7, 11) is 0. The Morgan fingerprint density at radius 1 is 1.04 bits per heavy atom. The summed E-state index contributed by atoms with van der Waals surface area (Å²) in [5.74, 6) is -2.95. The molecule has 0 fully saturated rings. The quantitative estimate of drug-likeness (QED) is 0.222. The van der Waals surface area contributed by atoms with E-state index in [2.05, 4.69) is 16.0 Å². The van der Waals surface area contributed by atoms with Gasteiger partial charge in [-0.1, -0.05) is 13.8 Å². The molecule has 0 radical (unpaired) electrons. The molecule has 0 aliphatic rings. The molecule has 0 bridgehead atoms. The van der Waals surface area contributed by atoms with Crippen LogP contribution in [0.2, 0.25) is 0 Å². The van der Waals surface area contributed by atoms with Crippen molar-refractivity contribution in [2.24, 2.45) is 11.7 Å². The highest BCUT2D eigenvalue weighted by atomic mass is 32.2. The lowest BCUT2D eigenvalue weighted by atomic mass is 10.0. The van der Waals surface area contributed by atoms with Crippen LogP contribution in [0.15, 0.2) is 0 Å². The normalized spacial score (nSPS) is 15.4. The van der Waals surface area contributed by atoms with Crippen LogP contribution in [-0.2, 0) is 19.2 Å². The number of carbonyl (C=O) groups excluding carboxylic acids is 3. The minimum Gasteiger partial charge on any atom is -0.480 e. The van der Waals surface area contributed by atoms with Gasteiger partial charge in [-0.25, -0.2) is 4.79 Å². The fourth-order valence-electron chi connectivity index (χ4n) is 2.06. The van der Waals surface area contributed by atoms with E-state index in [-0.39, 0.29) is 5.92 Å². The van der Waals surface area contributed by atoms with Crippen LogP contribution in [0, 0.1) is 5.92 Å². The van der Waals surface area contributed by atoms with Gasteiger partial charge in [0.2, 0.25) is 17.7 Å². The van der Waals surface area contributed by atoms with Crippen molar-refractivity contribution in [3.05, 3.63) is 0 Å². The van der Waals surface area contributed by atoms with Crippen molar-refractivity contribution < 1.29 is 29.4 Å². The Labute approximate surface area is 163 Å². The van der Waals surface area contributed by atoms with Crippen molar-refractivity contribution >= 4 is 35.5 Å². The average molecular weight is 407 g/mol. The molecule has 11 heteroatoms. The predicted molar refractivity (Wildman–Crippen MR) is 102 cm³/mol. The predicted octanol–water partition coefficient (Wildman–Crippen LogP) is -1.73. The van der Waals surface area contributed by atoms with Crippen molar-refractivity contribution in [3.63, 3.8) is 0 Å². The van der Waals surface area contributed by atoms with E-state index in [1.54, 1.807) is 25.6 Å². The van der Waals surface area contributed by atoms with E-state index in [1.165, 1.54) is 6.92 Å². The maximum Gasteiger partial charge on any atom is 0.326 e. The van der Waals surface area contributed by atoms with Crippen LogP contribution >= 0.6 is 11.8 Å². The van der Waals surface area contributed by atoms with Crippen molar-refractivity contribution in [3.8, 4) is 0 Å². The number of thioether (sulfide) groups is 1. The molecule has 0 aromatic rings. The van der Waals surface area contributed by atoms with Gasteiger partial charge in [-0.2, -0.15) is 11.8 Å². The minimum absolute atomic E-state index is 0.390.